The van der Waals surface area contributed by atoms with Crippen molar-refractivity contribution in [2.75, 3.05) is 18.8 Å². The highest BCUT2D eigenvalue weighted by molar-refractivity contribution is 8.04. The van der Waals surface area contributed by atoms with E-state index in [-0.39, 0.29) is 0 Å². The minimum Gasteiger partial charge on any atom is -0.325 e. The van der Waals surface area contributed by atoms with Crippen LogP contribution in [0.25, 0.3) is 5.70 Å². The number of benzene rings is 1. The van der Waals surface area contributed by atoms with E-state index in [2.05, 4.69) is 53.1 Å². The van der Waals surface area contributed by atoms with Crippen LogP contribution in [0.1, 0.15) is 95.5 Å². The highest BCUT2D eigenvalue weighted by atomic mass is 32.2. The summed E-state index contributed by atoms with van der Waals surface area (Å²) in [5.41, 5.74) is 4.40. The molecule has 3 aliphatic heterocycles. The third-order valence-electron chi connectivity index (χ3n) is 9.62. The summed E-state index contributed by atoms with van der Waals surface area (Å²) in [6.45, 7) is 2.21. The van der Waals surface area contributed by atoms with Gasteiger partial charge < -0.3 is 4.90 Å². The van der Waals surface area contributed by atoms with Gasteiger partial charge in [0.05, 0.1) is 4.91 Å². The van der Waals surface area contributed by atoms with Gasteiger partial charge in [-0.1, -0.05) is 88.1 Å². The first-order chi connectivity index (χ1) is 17.4. The second-order valence-electron chi connectivity index (χ2n) is 11.9. The summed E-state index contributed by atoms with van der Waals surface area (Å²) in [6.07, 6.45) is 22.3. The lowest BCUT2D eigenvalue weighted by Crippen LogP contribution is -2.37. The molecule has 2 fully saturated rings. The monoisotopic (exact) mass is 488 g/mol. The highest BCUT2D eigenvalue weighted by Crippen LogP contribution is 2.47. The fourth-order valence-corrected chi connectivity index (χ4v) is 8.97. The van der Waals surface area contributed by atoms with Crippen molar-refractivity contribution in [2.45, 2.75) is 89.9 Å². The van der Waals surface area contributed by atoms with Crippen LogP contribution in [0.3, 0.4) is 0 Å². The van der Waals surface area contributed by atoms with E-state index in [4.69, 9.17) is 4.99 Å². The van der Waals surface area contributed by atoms with Crippen LogP contribution in [-0.4, -0.2) is 29.6 Å². The van der Waals surface area contributed by atoms with Gasteiger partial charge >= 0.3 is 0 Å². The number of hydrogen-bond donors (Lipinski definition) is 0. The number of fused-ring (bicyclic) bond motifs is 4. The second kappa shape index (κ2) is 11.3. The Bertz CT molecular complexity index is 961. The molecule has 0 spiro atoms. The molecule has 188 valence electrons. The Balaban J connectivity index is 1.38. The third kappa shape index (κ3) is 5.31. The number of hydrogen-bond acceptors (Lipinski definition) is 3. The van der Waals surface area contributed by atoms with Gasteiger partial charge in [0.1, 0.15) is 5.84 Å². The molecule has 1 aromatic rings. The van der Waals surface area contributed by atoms with Gasteiger partial charge in [-0.05, 0) is 73.0 Å². The van der Waals surface area contributed by atoms with Crippen molar-refractivity contribution in [3.8, 4) is 0 Å². The molecule has 1 aromatic carbocycles. The SMILES string of the molecule is C1=C(c2ccccc2)N2CC3CCCCCCC[C@H]3CN=C2C2=C1CC1CCCCCC[C@@H]1CS2. The Hall–Kier alpha value is -1.48. The minimum absolute atomic E-state index is 0.762. The molecule has 0 N–H and O–H groups in total. The number of aliphatic imine (C=N–C) groups is 1. The Morgan fingerprint density at radius 1 is 0.714 bits per heavy atom. The summed E-state index contributed by atoms with van der Waals surface area (Å²) in [6, 6.07) is 11.2. The van der Waals surface area contributed by atoms with Crippen LogP contribution in [0, 0.1) is 23.7 Å². The van der Waals surface area contributed by atoms with E-state index in [1.807, 2.05) is 0 Å². The van der Waals surface area contributed by atoms with Gasteiger partial charge in [-0.25, -0.2) is 0 Å². The fourth-order valence-electron chi connectivity index (χ4n) is 7.52. The molecular formula is C32H44N2S. The van der Waals surface area contributed by atoms with Crippen LogP contribution in [0.4, 0.5) is 0 Å². The molecule has 6 rings (SSSR count). The van der Waals surface area contributed by atoms with Gasteiger partial charge in [-0.2, -0.15) is 0 Å². The third-order valence-corrected chi connectivity index (χ3v) is 10.9. The average Bonchev–Trinajstić information content (AvgIpc) is 3.09. The Labute approximate surface area is 217 Å². The lowest BCUT2D eigenvalue weighted by atomic mass is 9.78. The molecule has 3 heterocycles. The van der Waals surface area contributed by atoms with Crippen molar-refractivity contribution in [1.29, 1.82) is 0 Å². The maximum absolute atomic E-state index is 5.51. The summed E-state index contributed by atoms with van der Waals surface area (Å²) in [5, 5.41) is 0. The summed E-state index contributed by atoms with van der Waals surface area (Å²) in [7, 11) is 0. The smallest absolute Gasteiger partial charge is 0.142 e. The summed E-state index contributed by atoms with van der Waals surface area (Å²) in [4.78, 5) is 9.73. The molecule has 5 aliphatic rings. The van der Waals surface area contributed by atoms with Gasteiger partial charge in [0.15, 0.2) is 0 Å². The zero-order valence-electron chi connectivity index (χ0n) is 21.6. The molecule has 0 amide bonds. The zero-order chi connectivity index (χ0) is 23.5. The van der Waals surface area contributed by atoms with Gasteiger partial charge in [0, 0.05) is 24.5 Å². The topological polar surface area (TPSA) is 15.6 Å². The molecule has 0 saturated heterocycles. The second-order valence-corrected chi connectivity index (χ2v) is 12.9. The van der Waals surface area contributed by atoms with Crippen molar-refractivity contribution in [2.24, 2.45) is 28.7 Å². The van der Waals surface area contributed by atoms with E-state index < -0.39 is 0 Å². The van der Waals surface area contributed by atoms with Crippen LogP contribution < -0.4 is 0 Å². The molecule has 2 nitrogen and oxygen atoms in total. The summed E-state index contributed by atoms with van der Waals surface area (Å²) >= 11 is 2.17. The number of amidine groups is 1. The van der Waals surface area contributed by atoms with Gasteiger partial charge in [-0.15, -0.1) is 11.8 Å². The molecule has 4 atom stereocenters. The van der Waals surface area contributed by atoms with Crippen molar-refractivity contribution in [3.05, 3.63) is 52.4 Å². The van der Waals surface area contributed by atoms with Crippen molar-refractivity contribution in [1.82, 2.24) is 4.90 Å². The van der Waals surface area contributed by atoms with E-state index in [0.29, 0.717) is 0 Å². The molecule has 0 bridgehead atoms. The zero-order valence-corrected chi connectivity index (χ0v) is 22.4. The fraction of sp³-hybridized carbons (Fsp3) is 0.656. The van der Waals surface area contributed by atoms with Crippen molar-refractivity contribution < 1.29 is 0 Å². The van der Waals surface area contributed by atoms with Crippen molar-refractivity contribution >= 4 is 23.3 Å². The maximum atomic E-state index is 5.51. The molecule has 0 aromatic heterocycles. The van der Waals surface area contributed by atoms with Gasteiger partial charge in [-0.3, -0.25) is 4.99 Å². The number of allylic oxidation sites excluding steroid dienone is 2. The van der Waals surface area contributed by atoms with E-state index in [1.165, 1.54) is 113 Å². The molecule has 0 radical (unpaired) electrons. The first-order valence-electron chi connectivity index (χ1n) is 14.8. The van der Waals surface area contributed by atoms with E-state index in [0.717, 1.165) is 36.8 Å². The average molecular weight is 489 g/mol. The number of nitrogens with zero attached hydrogens (tertiary/aromatic N) is 2. The van der Waals surface area contributed by atoms with Crippen LogP contribution in [0.5, 0.6) is 0 Å². The van der Waals surface area contributed by atoms with Crippen LogP contribution >= 0.6 is 11.8 Å². The largest absolute Gasteiger partial charge is 0.325 e. The van der Waals surface area contributed by atoms with Crippen LogP contribution in [0.2, 0.25) is 0 Å². The molecule has 2 saturated carbocycles. The quantitative estimate of drug-likeness (QED) is 0.393. The number of thioether (sulfide) groups is 1. The number of rotatable bonds is 1. The van der Waals surface area contributed by atoms with Crippen LogP contribution in [-0.2, 0) is 0 Å². The van der Waals surface area contributed by atoms with Crippen molar-refractivity contribution in [3.63, 3.8) is 0 Å². The first kappa shape index (κ1) is 23.9. The lowest BCUT2D eigenvalue weighted by molar-refractivity contribution is 0.274. The summed E-state index contributed by atoms with van der Waals surface area (Å²) in [5.74, 6) is 5.92. The predicted octanol–water partition coefficient (Wildman–Crippen LogP) is 8.71. The maximum Gasteiger partial charge on any atom is 0.142 e. The Kier molecular flexibility index (Phi) is 7.70. The normalized spacial score (nSPS) is 32.4. The van der Waals surface area contributed by atoms with Gasteiger partial charge in [0.2, 0.25) is 0 Å². The molecule has 2 unspecified atom stereocenters. The molecule has 3 heteroatoms. The summed E-state index contributed by atoms with van der Waals surface area (Å²) < 4.78 is 0. The standard InChI is InChI=1S/C32H44N2S/c1-2-8-16-26-21-33-32-31-29(19-25-15-7-4-5-10-18-28(25)23-35-31)20-30(24-13-11-6-12-14-24)34(32)22-27(26)17-9-3-1/h6,11-14,20,25-28H,1-5,7-10,15-19,21-23H2/t25?,26-,27?,28+/m0/s1. The van der Waals surface area contributed by atoms with E-state index >= 15 is 0 Å². The minimum atomic E-state index is 0.762. The highest BCUT2D eigenvalue weighted by Gasteiger charge is 2.38. The van der Waals surface area contributed by atoms with E-state index in [9.17, 15) is 0 Å². The molecule has 35 heavy (non-hydrogen) atoms. The Morgan fingerprint density at radius 3 is 2.14 bits per heavy atom. The first-order valence-corrected chi connectivity index (χ1v) is 15.8. The Morgan fingerprint density at radius 2 is 1.37 bits per heavy atom. The molecular weight excluding hydrogens is 444 g/mol. The van der Waals surface area contributed by atoms with Crippen LogP contribution in [0.15, 0.2) is 51.9 Å². The van der Waals surface area contributed by atoms with Gasteiger partial charge in [0.25, 0.3) is 0 Å². The predicted molar refractivity (Wildman–Crippen MR) is 152 cm³/mol. The lowest BCUT2D eigenvalue weighted by Gasteiger charge is -2.36. The van der Waals surface area contributed by atoms with E-state index in [1.54, 1.807) is 10.5 Å². The molecule has 2 aliphatic carbocycles.